The number of benzene rings is 2. The molecule has 0 unspecified atom stereocenters. The third-order valence-corrected chi connectivity index (χ3v) is 6.74. The molecule has 8 nitrogen and oxygen atoms in total. The van der Waals surface area contributed by atoms with Crippen LogP contribution in [0.3, 0.4) is 0 Å². The number of anilines is 1. The first-order chi connectivity index (χ1) is 17.9. The molecule has 198 valence electrons. The lowest BCUT2D eigenvalue weighted by atomic mass is 10.2. The predicted molar refractivity (Wildman–Crippen MR) is 146 cm³/mol. The Balaban J connectivity index is 1.78. The molecule has 0 spiro atoms. The van der Waals surface area contributed by atoms with Crippen molar-refractivity contribution in [2.45, 2.75) is 26.4 Å². The molecule has 0 aliphatic heterocycles. The second-order valence-electron chi connectivity index (χ2n) is 8.51. The van der Waals surface area contributed by atoms with Gasteiger partial charge in [0.2, 0.25) is 5.91 Å². The number of urea groups is 1. The Labute approximate surface area is 222 Å². The van der Waals surface area contributed by atoms with Gasteiger partial charge in [0.15, 0.2) is 0 Å². The second kappa shape index (κ2) is 14.2. The zero-order chi connectivity index (χ0) is 26.6. The molecule has 37 heavy (non-hydrogen) atoms. The maximum atomic E-state index is 13.6. The molecule has 1 N–H and O–H groups in total. The molecule has 1 heterocycles. The number of nitrogens with zero attached hydrogens (tertiary/aromatic N) is 2. The zero-order valence-electron chi connectivity index (χ0n) is 21.9. The maximum absolute atomic E-state index is 13.6. The first-order valence-electron chi connectivity index (χ1n) is 12.1. The van der Waals surface area contributed by atoms with Gasteiger partial charge in [0, 0.05) is 42.6 Å². The summed E-state index contributed by atoms with van der Waals surface area (Å²) >= 11 is 1.67. The molecule has 3 aromatic rings. The molecule has 3 rings (SSSR count). The van der Waals surface area contributed by atoms with E-state index in [-0.39, 0.29) is 18.5 Å². The van der Waals surface area contributed by atoms with E-state index in [0.717, 1.165) is 10.4 Å². The highest BCUT2D eigenvalue weighted by molar-refractivity contribution is 7.11. The van der Waals surface area contributed by atoms with Gasteiger partial charge in [-0.25, -0.2) is 4.79 Å². The minimum absolute atomic E-state index is 0.0643. The van der Waals surface area contributed by atoms with Crippen LogP contribution < -0.4 is 14.8 Å². The summed E-state index contributed by atoms with van der Waals surface area (Å²) in [6.45, 7) is 3.76. The van der Waals surface area contributed by atoms with Gasteiger partial charge < -0.3 is 29.3 Å². The summed E-state index contributed by atoms with van der Waals surface area (Å²) in [6.07, 6.45) is 0.597. The van der Waals surface area contributed by atoms with Crippen molar-refractivity contribution in [3.05, 3.63) is 76.0 Å². The van der Waals surface area contributed by atoms with Crippen LogP contribution >= 0.6 is 11.3 Å². The Hall–Kier alpha value is -3.56. The highest BCUT2D eigenvalue weighted by Crippen LogP contribution is 2.29. The van der Waals surface area contributed by atoms with E-state index in [1.807, 2.05) is 43.3 Å². The van der Waals surface area contributed by atoms with E-state index in [1.54, 1.807) is 48.7 Å². The van der Waals surface area contributed by atoms with Crippen molar-refractivity contribution in [1.82, 2.24) is 9.80 Å². The molecule has 0 bridgehead atoms. The van der Waals surface area contributed by atoms with Gasteiger partial charge in [0.05, 0.1) is 26.5 Å². The number of ether oxygens (including phenoxy) is 3. The molecular weight excluding hydrogens is 490 g/mol. The summed E-state index contributed by atoms with van der Waals surface area (Å²) in [4.78, 5) is 32.5. The van der Waals surface area contributed by atoms with E-state index in [2.05, 4.69) is 11.4 Å². The number of carbonyl (C=O) groups is 2. The Morgan fingerprint density at radius 1 is 0.919 bits per heavy atom. The van der Waals surface area contributed by atoms with Gasteiger partial charge in [0.25, 0.3) is 0 Å². The van der Waals surface area contributed by atoms with Crippen LogP contribution in [0, 0.1) is 6.92 Å². The predicted octanol–water partition coefficient (Wildman–Crippen LogP) is 5.17. The number of carbonyl (C=O) groups excluding carboxylic acids is 2. The first kappa shape index (κ1) is 28.0. The fourth-order valence-electron chi connectivity index (χ4n) is 3.81. The number of aryl methyl sites for hydroxylation is 1. The number of hydrogen-bond donors (Lipinski definition) is 1. The van der Waals surface area contributed by atoms with Crippen molar-refractivity contribution in [2.75, 3.05) is 46.3 Å². The van der Waals surface area contributed by atoms with E-state index in [9.17, 15) is 9.59 Å². The maximum Gasteiger partial charge on any atom is 0.322 e. The van der Waals surface area contributed by atoms with Gasteiger partial charge in [-0.15, -0.1) is 11.3 Å². The molecule has 1 aromatic heterocycles. The number of amides is 3. The number of nitrogens with one attached hydrogen (secondary N) is 1. The number of hydrogen-bond acceptors (Lipinski definition) is 6. The van der Waals surface area contributed by atoms with E-state index >= 15 is 0 Å². The van der Waals surface area contributed by atoms with Crippen LogP contribution in [-0.2, 0) is 22.6 Å². The number of rotatable bonds is 13. The highest BCUT2D eigenvalue weighted by atomic mass is 32.1. The molecule has 0 saturated heterocycles. The van der Waals surface area contributed by atoms with E-state index in [0.29, 0.717) is 49.8 Å². The van der Waals surface area contributed by atoms with Gasteiger partial charge in [0.1, 0.15) is 18.0 Å². The lowest BCUT2D eigenvalue weighted by Gasteiger charge is -2.28. The Morgan fingerprint density at radius 3 is 2.35 bits per heavy atom. The molecule has 0 aliphatic rings. The van der Waals surface area contributed by atoms with Crippen LogP contribution in [0.15, 0.2) is 60.7 Å². The van der Waals surface area contributed by atoms with Crippen LogP contribution in [0.2, 0.25) is 0 Å². The molecule has 3 amide bonds. The quantitative estimate of drug-likeness (QED) is 0.311. The molecule has 2 aromatic carbocycles. The SMILES string of the molecule is COCCCN(CC(=O)N(Cc1ccccc1)Cc1ccc(C)s1)C(=O)Nc1ccc(OC)cc1OC. The summed E-state index contributed by atoms with van der Waals surface area (Å²) in [5.74, 6) is 0.946. The fraction of sp³-hybridized carbons (Fsp3) is 0.357. The third-order valence-electron chi connectivity index (χ3n) is 5.75. The topological polar surface area (TPSA) is 80.3 Å². The van der Waals surface area contributed by atoms with E-state index in [4.69, 9.17) is 14.2 Å². The van der Waals surface area contributed by atoms with Crippen LogP contribution in [0.25, 0.3) is 0 Å². The van der Waals surface area contributed by atoms with Crippen molar-refractivity contribution in [3.63, 3.8) is 0 Å². The smallest absolute Gasteiger partial charge is 0.322 e. The van der Waals surface area contributed by atoms with Crippen molar-refractivity contribution in [3.8, 4) is 11.5 Å². The largest absolute Gasteiger partial charge is 0.497 e. The van der Waals surface area contributed by atoms with Gasteiger partial charge in [-0.2, -0.15) is 0 Å². The average molecular weight is 526 g/mol. The van der Waals surface area contributed by atoms with Crippen LogP contribution in [-0.4, -0.2) is 62.8 Å². The Kier molecular flexibility index (Phi) is 10.8. The van der Waals surface area contributed by atoms with Crippen LogP contribution in [0.5, 0.6) is 11.5 Å². The zero-order valence-corrected chi connectivity index (χ0v) is 22.7. The van der Waals surface area contributed by atoms with Crippen LogP contribution in [0.4, 0.5) is 10.5 Å². The van der Waals surface area contributed by atoms with Gasteiger partial charge in [-0.05, 0) is 43.2 Å². The molecule has 0 saturated carbocycles. The van der Waals surface area contributed by atoms with E-state index < -0.39 is 0 Å². The summed E-state index contributed by atoms with van der Waals surface area (Å²) in [6, 6.07) is 18.7. The van der Waals surface area contributed by atoms with Gasteiger partial charge in [-0.3, -0.25) is 4.79 Å². The minimum atomic E-state index is -0.389. The van der Waals surface area contributed by atoms with Crippen molar-refractivity contribution >= 4 is 29.0 Å². The normalized spacial score (nSPS) is 10.6. The van der Waals surface area contributed by atoms with E-state index in [1.165, 1.54) is 16.9 Å². The third kappa shape index (κ3) is 8.51. The second-order valence-corrected chi connectivity index (χ2v) is 9.88. The summed E-state index contributed by atoms with van der Waals surface area (Å²) in [5, 5.41) is 2.88. The molecule has 0 atom stereocenters. The average Bonchev–Trinajstić information content (AvgIpc) is 3.32. The summed E-state index contributed by atoms with van der Waals surface area (Å²) in [5.41, 5.74) is 1.52. The molecule has 0 radical (unpaired) electrons. The number of methoxy groups -OCH3 is 3. The first-order valence-corrected chi connectivity index (χ1v) is 12.9. The standard InChI is InChI=1S/C28H35N3O5S/c1-21-11-13-24(37-21)19-31(18-22-9-6-5-7-10-22)27(32)20-30(15-8-16-34-2)28(33)29-25-14-12-23(35-3)17-26(25)36-4/h5-7,9-14,17H,8,15-16,18-20H2,1-4H3,(H,29,33). The monoisotopic (exact) mass is 525 g/mol. The van der Waals surface area contributed by atoms with Crippen molar-refractivity contribution in [2.24, 2.45) is 0 Å². The number of thiophene rings is 1. The summed E-state index contributed by atoms with van der Waals surface area (Å²) in [7, 11) is 4.70. The highest BCUT2D eigenvalue weighted by Gasteiger charge is 2.23. The van der Waals surface area contributed by atoms with Gasteiger partial charge >= 0.3 is 6.03 Å². The minimum Gasteiger partial charge on any atom is -0.497 e. The van der Waals surface area contributed by atoms with Crippen molar-refractivity contribution < 1.29 is 23.8 Å². The van der Waals surface area contributed by atoms with Gasteiger partial charge in [-0.1, -0.05) is 30.3 Å². The molecule has 0 aliphatic carbocycles. The summed E-state index contributed by atoms with van der Waals surface area (Å²) < 4.78 is 15.8. The lowest BCUT2D eigenvalue weighted by Crippen LogP contribution is -2.44. The molecular formula is C28H35N3O5S. The molecule has 0 fully saturated rings. The Bertz CT molecular complexity index is 1150. The fourth-order valence-corrected chi connectivity index (χ4v) is 4.71. The van der Waals surface area contributed by atoms with Crippen molar-refractivity contribution in [1.29, 1.82) is 0 Å². The lowest BCUT2D eigenvalue weighted by molar-refractivity contribution is -0.133. The van der Waals surface area contributed by atoms with Crippen LogP contribution in [0.1, 0.15) is 21.7 Å². The Morgan fingerprint density at radius 2 is 1.70 bits per heavy atom. The molecule has 9 heteroatoms.